The van der Waals surface area contributed by atoms with Gasteiger partial charge in [0.25, 0.3) is 0 Å². The van der Waals surface area contributed by atoms with Crippen LogP contribution in [-0.4, -0.2) is 13.2 Å². The zero-order valence-corrected chi connectivity index (χ0v) is 23.0. The monoisotopic (exact) mass is 536 g/mol. The number of benzene rings is 3. The maximum Gasteiger partial charge on any atom is 0.166 e. The maximum atomic E-state index is 15.2. The molecule has 0 heterocycles. The molecule has 3 aromatic rings. The van der Waals surface area contributed by atoms with Gasteiger partial charge in [-0.3, -0.25) is 0 Å². The van der Waals surface area contributed by atoms with Crippen LogP contribution in [0.1, 0.15) is 82.3 Å². The van der Waals surface area contributed by atoms with Gasteiger partial charge in [0.15, 0.2) is 23.2 Å². The molecule has 5 heteroatoms. The molecule has 39 heavy (non-hydrogen) atoms. The first-order chi connectivity index (χ1) is 19.0. The van der Waals surface area contributed by atoms with Crippen molar-refractivity contribution in [2.75, 3.05) is 13.2 Å². The molecule has 0 aliphatic heterocycles. The van der Waals surface area contributed by atoms with E-state index in [1.807, 2.05) is 12.1 Å². The molecular formula is C34H39F3O2. The Morgan fingerprint density at radius 1 is 0.769 bits per heavy atom. The molecule has 0 aromatic heterocycles. The van der Waals surface area contributed by atoms with Crippen molar-refractivity contribution in [1.82, 2.24) is 0 Å². The van der Waals surface area contributed by atoms with Gasteiger partial charge in [-0.05, 0) is 91.3 Å². The topological polar surface area (TPSA) is 18.5 Å². The number of halogens is 3. The number of ether oxygens (including phenoxy) is 2. The normalized spacial score (nSPS) is 17.5. The molecule has 1 aliphatic rings. The van der Waals surface area contributed by atoms with E-state index in [4.69, 9.17) is 9.47 Å². The second kappa shape index (κ2) is 14.3. The maximum absolute atomic E-state index is 15.2. The van der Waals surface area contributed by atoms with Crippen LogP contribution < -0.4 is 9.47 Å². The third-order valence-electron chi connectivity index (χ3n) is 7.53. The Balaban J connectivity index is 1.34. The lowest BCUT2D eigenvalue weighted by atomic mass is 9.78. The summed E-state index contributed by atoms with van der Waals surface area (Å²) in [7, 11) is 0. The third-order valence-corrected chi connectivity index (χ3v) is 7.53. The molecule has 2 nitrogen and oxygen atoms in total. The Bertz CT molecular complexity index is 1230. The van der Waals surface area contributed by atoms with E-state index in [-0.39, 0.29) is 23.0 Å². The Morgan fingerprint density at radius 3 is 2.13 bits per heavy atom. The molecule has 0 saturated heterocycles. The van der Waals surface area contributed by atoms with Crippen molar-refractivity contribution in [1.29, 1.82) is 0 Å². The summed E-state index contributed by atoms with van der Waals surface area (Å²) in [5, 5.41) is 0. The van der Waals surface area contributed by atoms with Gasteiger partial charge in [0.1, 0.15) is 5.75 Å². The smallest absolute Gasteiger partial charge is 0.166 e. The van der Waals surface area contributed by atoms with Crippen LogP contribution in [0.4, 0.5) is 13.2 Å². The first kappa shape index (κ1) is 28.8. The van der Waals surface area contributed by atoms with Gasteiger partial charge >= 0.3 is 0 Å². The molecule has 0 N–H and O–H groups in total. The lowest BCUT2D eigenvalue weighted by Crippen LogP contribution is -2.13. The van der Waals surface area contributed by atoms with E-state index in [1.165, 1.54) is 6.07 Å². The summed E-state index contributed by atoms with van der Waals surface area (Å²) in [5.74, 6) is -0.553. The molecule has 1 saturated carbocycles. The number of unbranched alkanes of at least 4 members (excludes halogenated alkanes) is 2. The van der Waals surface area contributed by atoms with E-state index in [2.05, 4.69) is 19.9 Å². The van der Waals surface area contributed by atoms with Crippen LogP contribution in [0.15, 0.2) is 60.7 Å². The standard InChI is InChI=1S/C34H39F3O2/c1-3-5-21-38-28-16-14-27(15-17-28)30-19-18-29(33(36)34(30)37)26-12-9-24(10-13-26)7-8-25-11-20-32(31(35)23-25)39-22-6-4-2/h7-8,11,14-20,23-24,26H,3-6,9-10,12-13,21-22H2,1-2H3/b8-7+. The lowest BCUT2D eigenvalue weighted by Gasteiger charge is -2.27. The molecule has 208 valence electrons. The fourth-order valence-corrected chi connectivity index (χ4v) is 5.10. The molecule has 0 unspecified atom stereocenters. The molecular weight excluding hydrogens is 497 g/mol. The minimum absolute atomic E-state index is 0.00969. The summed E-state index contributed by atoms with van der Waals surface area (Å²) < 4.78 is 55.8. The lowest BCUT2D eigenvalue weighted by molar-refractivity contribution is 0.294. The van der Waals surface area contributed by atoms with Crippen molar-refractivity contribution in [2.24, 2.45) is 5.92 Å². The minimum atomic E-state index is -0.793. The predicted octanol–water partition coefficient (Wildman–Crippen LogP) is 10.1. The van der Waals surface area contributed by atoms with Crippen LogP contribution in [0.25, 0.3) is 17.2 Å². The highest BCUT2D eigenvalue weighted by molar-refractivity contribution is 5.65. The highest BCUT2D eigenvalue weighted by Gasteiger charge is 2.25. The SMILES string of the molecule is CCCCOc1ccc(-c2ccc(C3CCC(/C=C/c4ccc(OCCCC)c(F)c4)CC3)c(F)c2F)cc1. The minimum Gasteiger partial charge on any atom is -0.494 e. The van der Waals surface area contributed by atoms with E-state index >= 15 is 8.78 Å². The van der Waals surface area contributed by atoms with Gasteiger partial charge in [-0.1, -0.05) is 69.2 Å². The van der Waals surface area contributed by atoms with Gasteiger partial charge < -0.3 is 9.47 Å². The van der Waals surface area contributed by atoms with Crippen LogP contribution in [0.2, 0.25) is 0 Å². The van der Waals surface area contributed by atoms with Crippen LogP contribution in [0.5, 0.6) is 11.5 Å². The zero-order valence-electron chi connectivity index (χ0n) is 23.0. The summed E-state index contributed by atoms with van der Waals surface area (Å²) in [4.78, 5) is 0. The average Bonchev–Trinajstić information content (AvgIpc) is 2.95. The van der Waals surface area contributed by atoms with Crippen LogP contribution in [0.3, 0.4) is 0 Å². The quantitative estimate of drug-likeness (QED) is 0.214. The first-order valence-corrected chi connectivity index (χ1v) is 14.3. The van der Waals surface area contributed by atoms with Gasteiger partial charge in [0, 0.05) is 5.56 Å². The third kappa shape index (κ3) is 7.68. The average molecular weight is 537 g/mol. The number of hydrogen-bond donors (Lipinski definition) is 0. The van der Waals surface area contributed by atoms with E-state index in [9.17, 15) is 4.39 Å². The molecule has 0 spiro atoms. The van der Waals surface area contributed by atoms with Gasteiger partial charge in [-0.15, -0.1) is 0 Å². The summed E-state index contributed by atoms with van der Waals surface area (Å²) in [6.07, 6.45) is 11.3. The van der Waals surface area contributed by atoms with Gasteiger partial charge in [-0.2, -0.15) is 0 Å². The summed E-state index contributed by atoms with van der Waals surface area (Å²) in [5.41, 5.74) is 2.15. The summed E-state index contributed by atoms with van der Waals surface area (Å²) >= 11 is 0. The Labute approximate surface area is 230 Å². The molecule has 1 fully saturated rings. The fraction of sp³-hybridized carbons (Fsp3) is 0.412. The second-order valence-electron chi connectivity index (χ2n) is 10.4. The number of rotatable bonds is 12. The highest BCUT2D eigenvalue weighted by atomic mass is 19.2. The van der Waals surface area contributed by atoms with Gasteiger partial charge in [-0.25, -0.2) is 13.2 Å². The molecule has 1 aliphatic carbocycles. The molecule has 0 radical (unpaired) electrons. The molecule has 3 aromatic carbocycles. The summed E-state index contributed by atoms with van der Waals surface area (Å²) in [6, 6.07) is 15.6. The summed E-state index contributed by atoms with van der Waals surface area (Å²) in [6.45, 7) is 5.33. The number of hydrogen-bond acceptors (Lipinski definition) is 2. The van der Waals surface area contributed by atoms with Crippen molar-refractivity contribution in [3.8, 4) is 22.6 Å². The largest absolute Gasteiger partial charge is 0.494 e. The fourth-order valence-electron chi connectivity index (χ4n) is 5.10. The van der Waals surface area contributed by atoms with Crippen molar-refractivity contribution in [3.63, 3.8) is 0 Å². The first-order valence-electron chi connectivity index (χ1n) is 14.3. The van der Waals surface area contributed by atoms with Crippen molar-refractivity contribution >= 4 is 6.08 Å². The van der Waals surface area contributed by atoms with E-state index in [0.29, 0.717) is 30.3 Å². The van der Waals surface area contributed by atoms with Crippen LogP contribution >= 0.6 is 0 Å². The highest BCUT2D eigenvalue weighted by Crippen LogP contribution is 2.39. The molecule has 0 amide bonds. The second-order valence-corrected chi connectivity index (χ2v) is 10.4. The van der Waals surface area contributed by atoms with E-state index in [1.54, 1.807) is 42.5 Å². The van der Waals surface area contributed by atoms with E-state index < -0.39 is 11.6 Å². The van der Waals surface area contributed by atoms with Crippen LogP contribution in [0, 0.1) is 23.4 Å². The predicted molar refractivity (Wildman–Crippen MR) is 153 cm³/mol. The van der Waals surface area contributed by atoms with Crippen molar-refractivity contribution < 1.29 is 22.6 Å². The Kier molecular flexibility index (Phi) is 10.5. The zero-order chi connectivity index (χ0) is 27.6. The van der Waals surface area contributed by atoms with E-state index in [0.717, 1.165) is 62.7 Å². The van der Waals surface area contributed by atoms with Gasteiger partial charge in [0.05, 0.1) is 13.2 Å². The van der Waals surface area contributed by atoms with Crippen molar-refractivity contribution in [2.45, 2.75) is 71.1 Å². The van der Waals surface area contributed by atoms with Crippen molar-refractivity contribution in [3.05, 3.63) is 89.3 Å². The molecule has 4 rings (SSSR count). The molecule has 0 bridgehead atoms. The van der Waals surface area contributed by atoms with Gasteiger partial charge in [0.2, 0.25) is 0 Å². The Morgan fingerprint density at radius 2 is 1.46 bits per heavy atom. The Hall–Kier alpha value is -3.21. The number of allylic oxidation sites excluding steroid dienone is 1. The molecule has 0 atom stereocenters. The van der Waals surface area contributed by atoms with Crippen LogP contribution in [-0.2, 0) is 0 Å².